The zero-order valence-corrected chi connectivity index (χ0v) is 19.8. The molecule has 0 radical (unpaired) electrons. The van der Waals surface area contributed by atoms with E-state index >= 15 is 0 Å². The lowest BCUT2D eigenvalue weighted by atomic mass is 9.95. The maximum atomic E-state index is 13.5. The minimum absolute atomic E-state index is 0.131. The third kappa shape index (κ3) is 6.11. The van der Waals surface area contributed by atoms with Crippen LogP contribution in [0, 0.1) is 0 Å². The minimum atomic E-state index is -0.762. The van der Waals surface area contributed by atoms with E-state index in [-0.39, 0.29) is 36.7 Å². The lowest BCUT2D eigenvalue weighted by molar-refractivity contribution is -0.141. The van der Waals surface area contributed by atoms with Gasteiger partial charge in [0.15, 0.2) is 5.76 Å². The molecular weight excluding hydrogens is 458 g/mol. The number of hydrogen-bond acceptors (Lipinski definition) is 6. The van der Waals surface area contributed by atoms with E-state index in [9.17, 15) is 14.4 Å². The van der Waals surface area contributed by atoms with Crippen molar-refractivity contribution in [2.45, 2.75) is 50.7 Å². The van der Waals surface area contributed by atoms with Crippen molar-refractivity contribution in [2.24, 2.45) is 0 Å². The van der Waals surface area contributed by atoms with Gasteiger partial charge in [0.25, 0.3) is 5.91 Å². The van der Waals surface area contributed by atoms with Crippen molar-refractivity contribution in [3.63, 3.8) is 0 Å². The summed E-state index contributed by atoms with van der Waals surface area (Å²) in [7, 11) is 0. The molecule has 1 aliphatic rings. The third-order valence-corrected chi connectivity index (χ3v) is 7.48. The van der Waals surface area contributed by atoms with Gasteiger partial charge in [-0.3, -0.25) is 14.4 Å². The van der Waals surface area contributed by atoms with Crippen LogP contribution in [-0.4, -0.2) is 35.2 Å². The van der Waals surface area contributed by atoms with E-state index in [1.165, 1.54) is 41.4 Å². The molecule has 0 aromatic carbocycles. The van der Waals surface area contributed by atoms with Gasteiger partial charge in [-0.05, 0) is 47.9 Å². The molecular formula is C24H27N3O4S2. The zero-order valence-electron chi connectivity index (χ0n) is 18.2. The van der Waals surface area contributed by atoms with Gasteiger partial charge in [-0.25, -0.2) is 0 Å². The Morgan fingerprint density at radius 3 is 2.48 bits per heavy atom. The molecule has 1 aliphatic carbocycles. The quantitative estimate of drug-likeness (QED) is 0.471. The Bertz CT molecular complexity index is 1030. The van der Waals surface area contributed by atoms with Crippen LogP contribution in [0.2, 0.25) is 0 Å². The van der Waals surface area contributed by atoms with Crippen LogP contribution in [0.1, 0.15) is 58.5 Å². The molecule has 3 amide bonds. The van der Waals surface area contributed by atoms with E-state index in [0.717, 1.165) is 35.4 Å². The van der Waals surface area contributed by atoms with Crippen LogP contribution in [0.25, 0.3) is 0 Å². The average Bonchev–Trinajstić information content (AvgIpc) is 3.61. The minimum Gasteiger partial charge on any atom is -0.459 e. The molecule has 1 fully saturated rings. The van der Waals surface area contributed by atoms with E-state index in [0.29, 0.717) is 0 Å². The lowest BCUT2D eigenvalue weighted by Gasteiger charge is -2.32. The number of amides is 3. The maximum absolute atomic E-state index is 13.5. The summed E-state index contributed by atoms with van der Waals surface area (Å²) >= 11 is 2.98. The second-order valence-electron chi connectivity index (χ2n) is 8.02. The first kappa shape index (κ1) is 23.3. The van der Waals surface area contributed by atoms with Crippen LogP contribution in [0.15, 0.2) is 57.8 Å². The second kappa shape index (κ2) is 11.3. The predicted octanol–water partition coefficient (Wildman–Crippen LogP) is 4.35. The summed E-state index contributed by atoms with van der Waals surface area (Å²) in [6.07, 6.45) is 6.72. The number of carbonyl (C=O) groups is 3. The molecule has 3 heterocycles. The molecule has 4 rings (SSSR count). The molecule has 3 aromatic heterocycles. The molecule has 2 N–H and O–H groups in total. The van der Waals surface area contributed by atoms with Crippen molar-refractivity contribution in [3.8, 4) is 0 Å². The van der Waals surface area contributed by atoms with Crippen molar-refractivity contribution >= 4 is 40.4 Å². The number of rotatable bonds is 9. The van der Waals surface area contributed by atoms with E-state index in [1.54, 1.807) is 11.0 Å². The predicted molar refractivity (Wildman–Crippen MR) is 128 cm³/mol. The monoisotopic (exact) mass is 485 g/mol. The smallest absolute Gasteiger partial charge is 0.287 e. The normalized spacial score (nSPS) is 15.0. The van der Waals surface area contributed by atoms with Crippen molar-refractivity contribution in [3.05, 3.63) is 68.9 Å². The van der Waals surface area contributed by atoms with Crippen LogP contribution in [0.5, 0.6) is 0 Å². The van der Waals surface area contributed by atoms with Crippen molar-refractivity contribution in [1.29, 1.82) is 0 Å². The molecule has 7 nitrogen and oxygen atoms in total. The van der Waals surface area contributed by atoms with Crippen LogP contribution in [0.3, 0.4) is 0 Å². The Balaban J connectivity index is 1.55. The number of carbonyl (C=O) groups excluding carboxylic acids is 3. The Morgan fingerprint density at radius 1 is 1.03 bits per heavy atom. The van der Waals surface area contributed by atoms with Gasteiger partial charge >= 0.3 is 0 Å². The standard InChI is InChI=1S/C24H27N3O4S2/c28-21(15-25-23(29)19-10-4-12-31-19)27(16-18-9-5-13-32-18)22(20-11-6-14-33-20)24(30)26-17-7-2-1-3-8-17/h4-6,9-14,17,22H,1-3,7-8,15-16H2,(H,25,29)(H,26,30). The number of furan rings is 1. The topological polar surface area (TPSA) is 91.7 Å². The van der Waals surface area contributed by atoms with Crippen LogP contribution >= 0.6 is 22.7 Å². The van der Waals surface area contributed by atoms with Crippen LogP contribution in [0.4, 0.5) is 0 Å². The van der Waals surface area contributed by atoms with E-state index < -0.39 is 11.9 Å². The molecule has 1 atom stereocenters. The molecule has 3 aromatic rings. The summed E-state index contributed by atoms with van der Waals surface area (Å²) in [5.74, 6) is -0.840. The number of nitrogens with one attached hydrogen (secondary N) is 2. The summed E-state index contributed by atoms with van der Waals surface area (Å²) < 4.78 is 5.10. The molecule has 0 saturated heterocycles. The summed E-state index contributed by atoms with van der Waals surface area (Å²) in [5.41, 5.74) is 0. The molecule has 1 saturated carbocycles. The van der Waals surface area contributed by atoms with Crippen molar-refractivity contribution in [2.75, 3.05) is 6.54 Å². The van der Waals surface area contributed by atoms with E-state index in [4.69, 9.17) is 4.42 Å². The largest absolute Gasteiger partial charge is 0.459 e. The fourth-order valence-electron chi connectivity index (χ4n) is 4.04. The first-order valence-corrected chi connectivity index (χ1v) is 12.8. The van der Waals surface area contributed by atoms with Crippen LogP contribution < -0.4 is 10.6 Å². The highest BCUT2D eigenvalue weighted by atomic mass is 32.1. The van der Waals surface area contributed by atoms with Gasteiger partial charge in [0.05, 0.1) is 19.4 Å². The number of nitrogens with zero attached hydrogens (tertiary/aromatic N) is 1. The van der Waals surface area contributed by atoms with Gasteiger partial charge < -0.3 is 20.0 Å². The number of hydrogen-bond donors (Lipinski definition) is 2. The summed E-state index contributed by atoms with van der Waals surface area (Å²) in [4.78, 5) is 42.5. The molecule has 0 bridgehead atoms. The fourth-order valence-corrected chi connectivity index (χ4v) is 5.58. The molecule has 33 heavy (non-hydrogen) atoms. The van der Waals surface area contributed by atoms with Gasteiger partial charge in [0, 0.05) is 15.8 Å². The average molecular weight is 486 g/mol. The summed E-state index contributed by atoms with van der Waals surface area (Å²) in [6.45, 7) is 0.0528. The third-order valence-electron chi connectivity index (χ3n) is 5.70. The SMILES string of the molecule is O=C(NCC(=O)N(Cc1cccs1)C(C(=O)NC1CCCCC1)c1cccs1)c1ccco1. The van der Waals surface area contributed by atoms with E-state index in [2.05, 4.69) is 10.6 Å². The highest BCUT2D eigenvalue weighted by molar-refractivity contribution is 7.10. The number of thiophene rings is 2. The van der Waals surface area contributed by atoms with Gasteiger partial charge in [0.2, 0.25) is 11.8 Å². The maximum Gasteiger partial charge on any atom is 0.287 e. The highest BCUT2D eigenvalue weighted by Gasteiger charge is 2.34. The first-order valence-electron chi connectivity index (χ1n) is 11.1. The van der Waals surface area contributed by atoms with Crippen molar-refractivity contribution in [1.82, 2.24) is 15.5 Å². The summed E-state index contributed by atoms with van der Waals surface area (Å²) in [6, 6.07) is 10.1. The lowest BCUT2D eigenvalue weighted by Crippen LogP contribution is -2.48. The molecule has 9 heteroatoms. The Morgan fingerprint density at radius 2 is 1.82 bits per heavy atom. The molecule has 174 valence electrons. The highest BCUT2D eigenvalue weighted by Crippen LogP contribution is 2.29. The molecule has 0 aliphatic heterocycles. The second-order valence-corrected chi connectivity index (χ2v) is 10.0. The van der Waals surface area contributed by atoms with Crippen molar-refractivity contribution < 1.29 is 18.8 Å². The molecule has 1 unspecified atom stereocenters. The van der Waals surface area contributed by atoms with Gasteiger partial charge in [-0.15, -0.1) is 22.7 Å². The van der Waals surface area contributed by atoms with Crippen LogP contribution in [-0.2, 0) is 16.1 Å². The van der Waals surface area contributed by atoms with E-state index in [1.807, 2.05) is 35.0 Å². The van der Waals surface area contributed by atoms with Gasteiger partial charge in [0.1, 0.15) is 6.04 Å². The Labute approximate surface area is 200 Å². The zero-order chi connectivity index (χ0) is 23.0. The van der Waals surface area contributed by atoms with Gasteiger partial charge in [-0.1, -0.05) is 31.4 Å². The first-order chi connectivity index (χ1) is 16.1. The Hall–Kier alpha value is -2.91. The summed E-state index contributed by atoms with van der Waals surface area (Å²) in [5, 5.41) is 9.65. The van der Waals surface area contributed by atoms with Gasteiger partial charge in [-0.2, -0.15) is 0 Å². The Kier molecular flexibility index (Phi) is 7.96. The molecule has 0 spiro atoms. The fraction of sp³-hybridized carbons (Fsp3) is 0.375.